The predicted octanol–water partition coefficient (Wildman–Crippen LogP) is 0.689. The number of nitrogens with one attached hydrogen (secondary N) is 1. The fraction of sp³-hybridized carbons (Fsp3) is 1.00. The van der Waals surface area contributed by atoms with Crippen LogP contribution in [0.2, 0.25) is 0 Å². The molecule has 0 aliphatic carbocycles. The highest BCUT2D eigenvalue weighted by molar-refractivity contribution is 4.94. The van der Waals surface area contributed by atoms with Crippen LogP contribution in [0.25, 0.3) is 0 Å². The third-order valence-electron chi connectivity index (χ3n) is 2.79. The fourth-order valence-corrected chi connectivity index (χ4v) is 1.86. The number of hydrogen-bond donors (Lipinski definition) is 1. The van der Waals surface area contributed by atoms with Gasteiger partial charge < -0.3 is 5.32 Å². The molecule has 0 amide bonds. The molecule has 4 heteroatoms. The smallest absolute Gasteiger partial charge is 0.265 e. The van der Waals surface area contributed by atoms with Gasteiger partial charge in [-0.2, -0.15) is 0 Å². The summed E-state index contributed by atoms with van der Waals surface area (Å²) < 4.78 is 26.5. The van der Waals surface area contributed by atoms with Crippen LogP contribution in [0, 0.1) is 0 Å². The van der Waals surface area contributed by atoms with Gasteiger partial charge in [-0.05, 0) is 19.5 Å². The van der Waals surface area contributed by atoms with E-state index in [1.54, 1.807) is 0 Å². The Labute approximate surface area is 70.9 Å². The second kappa shape index (κ2) is 2.92. The molecule has 2 nitrogen and oxygen atoms in total. The lowest BCUT2D eigenvalue weighted by Crippen LogP contribution is -2.61. The van der Waals surface area contributed by atoms with Crippen molar-refractivity contribution in [3.63, 3.8) is 0 Å². The van der Waals surface area contributed by atoms with Crippen molar-refractivity contribution in [2.45, 2.75) is 24.8 Å². The van der Waals surface area contributed by atoms with E-state index in [2.05, 4.69) is 5.32 Å². The van der Waals surface area contributed by atoms with E-state index < -0.39 is 12.0 Å². The fourth-order valence-electron chi connectivity index (χ4n) is 1.86. The minimum Gasteiger partial charge on any atom is -0.315 e. The Kier molecular flexibility index (Phi) is 2.04. The van der Waals surface area contributed by atoms with Crippen molar-refractivity contribution in [3.8, 4) is 0 Å². The van der Waals surface area contributed by atoms with Crippen molar-refractivity contribution in [3.05, 3.63) is 0 Å². The first-order valence-electron chi connectivity index (χ1n) is 4.53. The molecule has 0 unspecified atom stereocenters. The van der Waals surface area contributed by atoms with E-state index in [4.69, 9.17) is 0 Å². The van der Waals surface area contributed by atoms with Crippen LogP contribution in [0.15, 0.2) is 0 Å². The number of alkyl halides is 2. The number of nitrogens with zero attached hydrogens (tertiary/aromatic N) is 1. The number of piperidine rings is 1. The molecule has 0 bridgehead atoms. The van der Waals surface area contributed by atoms with Gasteiger partial charge in [0.05, 0.1) is 6.04 Å². The number of rotatable bonds is 1. The molecular weight excluding hydrogens is 162 g/mol. The summed E-state index contributed by atoms with van der Waals surface area (Å²) in [5.74, 6) is -2.47. The molecule has 2 heterocycles. The van der Waals surface area contributed by atoms with Crippen LogP contribution in [0.1, 0.15) is 12.8 Å². The van der Waals surface area contributed by atoms with Crippen molar-refractivity contribution in [2.24, 2.45) is 0 Å². The molecule has 0 radical (unpaired) electrons. The summed E-state index contributed by atoms with van der Waals surface area (Å²) in [5, 5.41) is 3.02. The summed E-state index contributed by atoms with van der Waals surface area (Å²) >= 11 is 0. The summed E-state index contributed by atoms with van der Waals surface area (Å²) in [6.45, 7) is 2.61. The van der Waals surface area contributed by atoms with Crippen LogP contribution in [-0.4, -0.2) is 43.0 Å². The minimum absolute atomic E-state index is 0.00579. The Morgan fingerprint density at radius 2 is 2.08 bits per heavy atom. The van der Waals surface area contributed by atoms with E-state index in [-0.39, 0.29) is 6.42 Å². The Morgan fingerprint density at radius 1 is 1.33 bits per heavy atom. The average molecular weight is 176 g/mol. The molecule has 2 aliphatic rings. The normalized spacial score (nSPS) is 36.0. The van der Waals surface area contributed by atoms with Gasteiger partial charge in [0, 0.05) is 19.5 Å². The first-order valence-corrected chi connectivity index (χ1v) is 4.53. The van der Waals surface area contributed by atoms with Crippen molar-refractivity contribution in [1.29, 1.82) is 0 Å². The maximum absolute atomic E-state index is 13.3. The topological polar surface area (TPSA) is 15.3 Å². The zero-order chi connectivity index (χ0) is 8.60. The first-order chi connectivity index (χ1) is 5.70. The standard InChI is InChI=1S/C8H14F2N2/c9-8(10)2-3-11-6-7(8)12-4-1-5-12/h7,11H,1-6H2/t7-/m0/s1. The van der Waals surface area contributed by atoms with E-state index in [1.165, 1.54) is 0 Å². The Morgan fingerprint density at radius 3 is 2.58 bits per heavy atom. The third kappa shape index (κ3) is 1.33. The minimum atomic E-state index is -2.47. The highest BCUT2D eigenvalue weighted by atomic mass is 19.3. The van der Waals surface area contributed by atoms with Gasteiger partial charge >= 0.3 is 0 Å². The Bertz CT molecular complexity index is 168. The maximum atomic E-state index is 13.3. The summed E-state index contributed by atoms with van der Waals surface area (Å²) in [6.07, 6.45) is 1.07. The number of hydrogen-bond acceptors (Lipinski definition) is 2. The van der Waals surface area contributed by atoms with Crippen LogP contribution in [-0.2, 0) is 0 Å². The molecule has 2 aliphatic heterocycles. The molecule has 12 heavy (non-hydrogen) atoms. The summed E-state index contributed by atoms with van der Waals surface area (Å²) in [6, 6.07) is -0.542. The largest absolute Gasteiger partial charge is 0.315 e. The van der Waals surface area contributed by atoms with Crippen LogP contribution in [0.3, 0.4) is 0 Å². The molecule has 1 N–H and O–H groups in total. The average Bonchev–Trinajstić information content (AvgIpc) is 1.89. The van der Waals surface area contributed by atoms with Gasteiger partial charge in [0.15, 0.2) is 0 Å². The summed E-state index contributed by atoms with van der Waals surface area (Å²) in [4.78, 5) is 1.88. The second-order valence-electron chi connectivity index (χ2n) is 3.62. The zero-order valence-electron chi connectivity index (χ0n) is 7.02. The molecule has 0 aromatic heterocycles. The molecule has 2 rings (SSSR count). The molecule has 1 atom stereocenters. The monoisotopic (exact) mass is 176 g/mol. The van der Waals surface area contributed by atoms with Gasteiger partial charge in [-0.3, -0.25) is 4.90 Å². The van der Waals surface area contributed by atoms with Gasteiger partial charge in [-0.15, -0.1) is 0 Å². The lowest BCUT2D eigenvalue weighted by Gasteiger charge is -2.44. The number of halogens is 2. The van der Waals surface area contributed by atoms with Crippen LogP contribution in [0.5, 0.6) is 0 Å². The van der Waals surface area contributed by atoms with E-state index in [9.17, 15) is 8.78 Å². The molecule has 0 saturated carbocycles. The Hall–Kier alpha value is -0.220. The summed E-state index contributed by atoms with van der Waals surface area (Å²) in [7, 11) is 0. The highest BCUT2D eigenvalue weighted by Gasteiger charge is 2.45. The van der Waals surface area contributed by atoms with Crippen LogP contribution in [0.4, 0.5) is 8.78 Å². The summed E-state index contributed by atoms with van der Waals surface area (Å²) in [5.41, 5.74) is 0. The van der Waals surface area contributed by atoms with Crippen LogP contribution < -0.4 is 5.32 Å². The molecule has 2 saturated heterocycles. The first kappa shape index (κ1) is 8.38. The predicted molar refractivity (Wildman–Crippen MR) is 42.4 cm³/mol. The molecule has 2 fully saturated rings. The van der Waals surface area contributed by atoms with E-state index >= 15 is 0 Å². The molecular formula is C8H14F2N2. The molecule has 0 aromatic rings. The maximum Gasteiger partial charge on any atom is 0.265 e. The highest BCUT2D eigenvalue weighted by Crippen LogP contribution is 2.31. The Balaban J connectivity index is 2.00. The van der Waals surface area contributed by atoms with Gasteiger partial charge in [0.25, 0.3) is 5.92 Å². The molecule has 70 valence electrons. The van der Waals surface area contributed by atoms with Crippen molar-refractivity contribution in [2.75, 3.05) is 26.2 Å². The van der Waals surface area contributed by atoms with Crippen molar-refractivity contribution in [1.82, 2.24) is 10.2 Å². The quantitative estimate of drug-likeness (QED) is 0.632. The van der Waals surface area contributed by atoms with E-state index in [1.807, 2.05) is 4.90 Å². The second-order valence-corrected chi connectivity index (χ2v) is 3.62. The lowest BCUT2D eigenvalue weighted by atomic mass is 9.98. The van der Waals surface area contributed by atoms with Gasteiger partial charge in [0.1, 0.15) is 0 Å². The van der Waals surface area contributed by atoms with Gasteiger partial charge in [-0.25, -0.2) is 8.78 Å². The third-order valence-corrected chi connectivity index (χ3v) is 2.79. The lowest BCUT2D eigenvalue weighted by molar-refractivity contribution is -0.113. The van der Waals surface area contributed by atoms with Gasteiger partial charge in [0.2, 0.25) is 0 Å². The van der Waals surface area contributed by atoms with E-state index in [0.717, 1.165) is 19.5 Å². The van der Waals surface area contributed by atoms with Crippen molar-refractivity contribution < 1.29 is 8.78 Å². The number of likely N-dealkylation sites (tertiary alicyclic amines) is 1. The van der Waals surface area contributed by atoms with Gasteiger partial charge in [-0.1, -0.05) is 0 Å². The van der Waals surface area contributed by atoms with E-state index in [0.29, 0.717) is 13.1 Å². The van der Waals surface area contributed by atoms with Crippen LogP contribution >= 0.6 is 0 Å². The molecule has 0 spiro atoms. The SMILES string of the molecule is FC1(F)CCNC[C@@H]1N1CCC1. The van der Waals surface area contributed by atoms with Crippen molar-refractivity contribution >= 4 is 0 Å². The zero-order valence-corrected chi connectivity index (χ0v) is 7.02. The molecule has 0 aromatic carbocycles.